The van der Waals surface area contributed by atoms with Crippen molar-refractivity contribution in [1.29, 1.82) is 0 Å². The molecule has 35 heavy (non-hydrogen) atoms. The lowest BCUT2D eigenvalue weighted by Gasteiger charge is -2.38. The Labute approximate surface area is 207 Å². The number of amides is 2. The summed E-state index contributed by atoms with van der Waals surface area (Å²) in [5.74, 6) is 0.249. The van der Waals surface area contributed by atoms with E-state index in [2.05, 4.69) is 10.6 Å². The Balaban J connectivity index is 1.30. The molecule has 3 rings (SSSR count). The van der Waals surface area contributed by atoms with Crippen LogP contribution < -0.4 is 15.4 Å². The van der Waals surface area contributed by atoms with Crippen molar-refractivity contribution in [3.05, 3.63) is 29.6 Å². The number of halogens is 1. The summed E-state index contributed by atoms with van der Waals surface area (Å²) in [5, 5.41) is 24.3. The van der Waals surface area contributed by atoms with Gasteiger partial charge in [0.05, 0.1) is 31.7 Å². The fourth-order valence-corrected chi connectivity index (χ4v) is 4.57. The van der Waals surface area contributed by atoms with E-state index in [1.54, 1.807) is 17.0 Å². The number of ether oxygens (including phenoxy) is 1. The number of hydrogen-bond donors (Lipinski definition) is 4. The lowest BCUT2D eigenvalue weighted by atomic mass is 9.93. The number of benzene rings is 1. The largest absolute Gasteiger partial charge is 0.493 e. The number of carbonyl (C=O) groups is 2. The first-order chi connectivity index (χ1) is 17.0. The average molecular weight is 494 g/mol. The zero-order chi connectivity index (χ0) is 25.0. The number of likely N-dealkylation sites (tertiary alicyclic amines) is 1. The van der Waals surface area contributed by atoms with Crippen LogP contribution in [0.2, 0.25) is 0 Å². The van der Waals surface area contributed by atoms with Crippen molar-refractivity contribution in [3.8, 4) is 5.75 Å². The third-order valence-corrected chi connectivity index (χ3v) is 6.93. The quantitative estimate of drug-likeness (QED) is 0.293. The standard InChI is InChI=1S/C26H40FN3O5/c27-24-15-23(35-13-3-4-19-8-11-28-12-9-19)7-6-20(24)14-25(33)30-16-21(17-30)26(34)29-10-2-1-5-22(32)18-31/h6-7,15,19,21-22,28,31-32H,1-5,8-14,16-18H2,(H,29,34)/t22-/m0/s1. The van der Waals surface area contributed by atoms with Gasteiger partial charge in [0, 0.05) is 25.7 Å². The van der Waals surface area contributed by atoms with E-state index < -0.39 is 11.9 Å². The predicted octanol–water partition coefficient (Wildman–Crippen LogP) is 1.62. The highest BCUT2D eigenvalue weighted by atomic mass is 19.1. The van der Waals surface area contributed by atoms with Crippen molar-refractivity contribution >= 4 is 11.8 Å². The Kier molecular flexibility index (Phi) is 11.2. The highest BCUT2D eigenvalue weighted by Gasteiger charge is 2.35. The number of carbonyl (C=O) groups excluding carboxylic acids is 2. The van der Waals surface area contributed by atoms with E-state index in [4.69, 9.17) is 9.84 Å². The Morgan fingerprint density at radius 3 is 2.69 bits per heavy atom. The molecule has 0 saturated carbocycles. The van der Waals surface area contributed by atoms with Crippen LogP contribution in [0.25, 0.3) is 0 Å². The van der Waals surface area contributed by atoms with Crippen molar-refractivity contribution in [1.82, 2.24) is 15.5 Å². The Bertz CT molecular complexity index is 812. The maximum Gasteiger partial charge on any atom is 0.227 e. The van der Waals surface area contributed by atoms with E-state index in [1.807, 2.05) is 0 Å². The fraction of sp³-hybridized carbons (Fsp3) is 0.692. The van der Waals surface area contributed by atoms with Gasteiger partial charge >= 0.3 is 0 Å². The summed E-state index contributed by atoms with van der Waals surface area (Å²) in [5.41, 5.74) is 0.329. The average Bonchev–Trinajstić information content (AvgIpc) is 2.82. The minimum Gasteiger partial charge on any atom is -0.493 e. The predicted molar refractivity (Wildman–Crippen MR) is 130 cm³/mol. The lowest BCUT2D eigenvalue weighted by Crippen LogP contribution is -2.56. The third kappa shape index (κ3) is 9.05. The molecule has 2 aliphatic heterocycles. The van der Waals surface area contributed by atoms with Gasteiger partial charge in [0.2, 0.25) is 11.8 Å². The van der Waals surface area contributed by atoms with Crippen LogP contribution in [0.3, 0.4) is 0 Å². The van der Waals surface area contributed by atoms with Crippen molar-refractivity contribution in [3.63, 3.8) is 0 Å². The van der Waals surface area contributed by atoms with Crippen molar-refractivity contribution in [2.75, 3.05) is 45.9 Å². The van der Waals surface area contributed by atoms with E-state index >= 15 is 0 Å². The number of aliphatic hydroxyl groups excluding tert-OH is 2. The van der Waals surface area contributed by atoms with Crippen molar-refractivity contribution in [2.24, 2.45) is 11.8 Å². The Morgan fingerprint density at radius 1 is 1.20 bits per heavy atom. The van der Waals surface area contributed by atoms with Gasteiger partial charge in [-0.25, -0.2) is 4.39 Å². The molecule has 0 spiro atoms. The van der Waals surface area contributed by atoms with E-state index in [1.165, 1.54) is 18.9 Å². The van der Waals surface area contributed by atoms with E-state index in [9.17, 15) is 19.1 Å². The molecular formula is C26H40FN3O5. The molecule has 2 amide bonds. The van der Waals surface area contributed by atoms with Gasteiger partial charge in [0.1, 0.15) is 11.6 Å². The molecule has 8 nitrogen and oxygen atoms in total. The zero-order valence-corrected chi connectivity index (χ0v) is 20.5. The van der Waals surface area contributed by atoms with Crippen LogP contribution in [0, 0.1) is 17.7 Å². The van der Waals surface area contributed by atoms with Gasteiger partial charge in [-0.2, -0.15) is 0 Å². The molecule has 196 valence electrons. The highest BCUT2D eigenvalue weighted by Crippen LogP contribution is 2.22. The number of hydrogen-bond acceptors (Lipinski definition) is 6. The van der Waals surface area contributed by atoms with Crippen LogP contribution >= 0.6 is 0 Å². The third-order valence-electron chi connectivity index (χ3n) is 6.93. The van der Waals surface area contributed by atoms with Crippen molar-refractivity contribution < 1.29 is 28.9 Å². The van der Waals surface area contributed by atoms with Gasteiger partial charge in [-0.1, -0.05) is 6.07 Å². The summed E-state index contributed by atoms with van der Waals surface area (Å²) in [4.78, 5) is 26.3. The van der Waals surface area contributed by atoms with Crippen LogP contribution in [0.15, 0.2) is 18.2 Å². The molecule has 1 atom stereocenters. The molecule has 2 heterocycles. The van der Waals surface area contributed by atoms with Gasteiger partial charge < -0.3 is 30.5 Å². The molecule has 0 aromatic heterocycles. The number of rotatable bonds is 14. The molecule has 4 N–H and O–H groups in total. The second-order valence-electron chi connectivity index (χ2n) is 9.73. The molecule has 0 unspecified atom stereocenters. The minimum atomic E-state index is -0.709. The van der Waals surface area contributed by atoms with E-state index in [0.29, 0.717) is 50.4 Å². The molecule has 0 aliphatic carbocycles. The second kappa shape index (κ2) is 14.4. The van der Waals surface area contributed by atoms with Gasteiger partial charge in [0.25, 0.3) is 0 Å². The van der Waals surface area contributed by atoms with Gasteiger partial charge in [-0.15, -0.1) is 0 Å². The maximum absolute atomic E-state index is 14.5. The summed E-state index contributed by atoms with van der Waals surface area (Å²) >= 11 is 0. The van der Waals surface area contributed by atoms with Crippen LogP contribution in [-0.4, -0.2) is 79.0 Å². The Morgan fingerprint density at radius 2 is 1.97 bits per heavy atom. The number of nitrogens with zero attached hydrogens (tertiary/aromatic N) is 1. The molecule has 0 radical (unpaired) electrons. The van der Waals surface area contributed by atoms with E-state index in [-0.39, 0.29) is 30.8 Å². The second-order valence-corrected chi connectivity index (χ2v) is 9.73. The first-order valence-electron chi connectivity index (χ1n) is 12.9. The monoisotopic (exact) mass is 493 g/mol. The normalized spacial score (nSPS) is 17.6. The van der Waals surface area contributed by atoms with Gasteiger partial charge in [0.15, 0.2) is 0 Å². The number of aliphatic hydroxyl groups is 2. The lowest BCUT2D eigenvalue weighted by molar-refractivity contribution is -0.142. The summed E-state index contributed by atoms with van der Waals surface area (Å²) in [6.07, 6.45) is 5.67. The van der Waals surface area contributed by atoms with Gasteiger partial charge in [-0.05, 0) is 75.6 Å². The zero-order valence-electron chi connectivity index (χ0n) is 20.5. The number of nitrogens with one attached hydrogen (secondary N) is 2. The molecule has 0 bridgehead atoms. The van der Waals surface area contributed by atoms with Crippen LogP contribution in [0.1, 0.15) is 50.5 Å². The van der Waals surface area contributed by atoms with Gasteiger partial charge in [-0.3, -0.25) is 9.59 Å². The smallest absolute Gasteiger partial charge is 0.227 e. The molecule has 2 aliphatic rings. The molecule has 1 aromatic rings. The number of unbranched alkanes of at least 4 members (excludes halogenated alkanes) is 1. The first-order valence-corrected chi connectivity index (χ1v) is 12.9. The highest BCUT2D eigenvalue weighted by molar-refractivity contribution is 5.85. The summed E-state index contributed by atoms with van der Waals surface area (Å²) in [7, 11) is 0. The minimum absolute atomic E-state index is 0.0383. The molecule has 2 fully saturated rings. The topological polar surface area (TPSA) is 111 Å². The van der Waals surface area contributed by atoms with E-state index in [0.717, 1.165) is 38.3 Å². The molecule has 1 aromatic carbocycles. The maximum atomic E-state index is 14.5. The Hall–Kier alpha value is -2.23. The first kappa shape index (κ1) is 27.4. The SMILES string of the molecule is O=C(NCCCC[C@H](O)CO)C1CN(C(=O)Cc2ccc(OCCCC3CCNCC3)cc2F)C1. The van der Waals surface area contributed by atoms with Crippen LogP contribution in [0.4, 0.5) is 4.39 Å². The summed E-state index contributed by atoms with van der Waals surface area (Å²) in [6, 6.07) is 4.66. The van der Waals surface area contributed by atoms with Crippen molar-refractivity contribution in [2.45, 2.75) is 57.5 Å². The number of piperidine rings is 1. The fourth-order valence-electron chi connectivity index (χ4n) is 4.57. The summed E-state index contributed by atoms with van der Waals surface area (Å²) < 4.78 is 20.2. The summed E-state index contributed by atoms with van der Waals surface area (Å²) in [6.45, 7) is 3.66. The molecule has 9 heteroatoms. The molecule has 2 saturated heterocycles. The van der Waals surface area contributed by atoms with Crippen LogP contribution in [-0.2, 0) is 16.0 Å². The molecular weight excluding hydrogens is 453 g/mol. The van der Waals surface area contributed by atoms with Crippen LogP contribution in [0.5, 0.6) is 5.75 Å².